The van der Waals surface area contributed by atoms with Crippen molar-refractivity contribution in [3.8, 4) is 23.1 Å². The van der Waals surface area contributed by atoms with Gasteiger partial charge in [0.2, 0.25) is 0 Å². The van der Waals surface area contributed by atoms with Crippen LogP contribution < -0.4 is 0 Å². The zero-order chi connectivity index (χ0) is 19.1. The Hall–Kier alpha value is -2.48. The number of aryl methyl sites for hydroxylation is 1. The summed E-state index contributed by atoms with van der Waals surface area (Å²) in [7, 11) is 1.92. The molecule has 0 bridgehead atoms. The van der Waals surface area contributed by atoms with E-state index in [9.17, 15) is 5.11 Å². The predicted molar refractivity (Wildman–Crippen MR) is 111 cm³/mol. The number of aliphatic hydroxyl groups excluding tert-OH is 1. The van der Waals surface area contributed by atoms with E-state index in [4.69, 9.17) is 5.10 Å². The second-order valence-corrected chi connectivity index (χ2v) is 7.36. The third kappa shape index (κ3) is 4.82. The molecule has 0 aliphatic rings. The summed E-state index contributed by atoms with van der Waals surface area (Å²) in [6, 6.07) is 20.1. The van der Waals surface area contributed by atoms with Crippen LogP contribution >= 0.6 is 11.8 Å². The van der Waals surface area contributed by atoms with Gasteiger partial charge in [0.05, 0.1) is 5.56 Å². The van der Waals surface area contributed by atoms with E-state index in [-0.39, 0.29) is 0 Å². The molecule has 4 heteroatoms. The van der Waals surface area contributed by atoms with Gasteiger partial charge in [-0.3, -0.25) is 4.68 Å². The Bertz CT molecular complexity index is 924. The summed E-state index contributed by atoms with van der Waals surface area (Å²) in [6.07, 6.45) is 2.08. The molecule has 0 saturated carbocycles. The van der Waals surface area contributed by atoms with Crippen LogP contribution in [0.2, 0.25) is 0 Å². The Morgan fingerprint density at radius 3 is 2.41 bits per heavy atom. The van der Waals surface area contributed by atoms with E-state index in [1.54, 1.807) is 11.8 Å². The molecule has 0 spiro atoms. The fourth-order valence-electron chi connectivity index (χ4n) is 2.81. The van der Waals surface area contributed by atoms with Gasteiger partial charge in [0, 0.05) is 23.9 Å². The smallest absolute Gasteiger partial charge is 0.145 e. The number of aliphatic hydroxyl groups is 1. The van der Waals surface area contributed by atoms with Crippen molar-refractivity contribution in [2.75, 3.05) is 0 Å². The fraction of sp³-hybridized carbons (Fsp3) is 0.261. The number of rotatable bonds is 6. The summed E-state index contributed by atoms with van der Waals surface area (Å²) in [6.45, 7) is 2.14. The molecule has 2 aromatic carbocycles. The zero-order valence-corrected chi connectivity index (χ0v) is 16.5. The first-order valence-corrected chi connectivity index (χ1v) is 10.0. The molecule has 1 N–H and O–H groups in total. The van der Waals surface area contributed by atoms with E-state index in [1.807, 2.05) is 60.3 Å². The molecule has 0 radical (unpaired) electrons. The summed E-state index contributed by atoms with van der Waals surface area (Å²) in [5, 5.41) is 16.5. The SMILES string of the molecule is CCCCC#C[C@H](O)c1c(-c2ccccc2)nn(C)c1Sc1ccccc1. The van der Waals surface area contributed by atoms with Gasteiger partial charge in [-0.2, -0.15) is 5.10 Å². The van der Waals surface area contributed by atoms with Gasteiger partial charge in [0.1, 0.15) is 16.8 Å². The van der Waals surface area contributed by atoms with E-state index < -0.39 is 6.10 Å². The van der Waals surface area contributed by atoms with Crippen LogP contribution in [0, 0.1) is 11.8 Å². The Labute approximate surface area is 165 Å². The van der Waals surface area contributed by atoms with Crippen LogP contribution in [0.4, 0.5) is 0 Å². The molecule has 0 amide bonds. The molecule has 1 atom stereocenters. The molecule has 3 aromatic rings. The monoisotopic (exact) mass is 376 g/mol. The summed E-state index contributed by atoms with van der Waals surface area (Å²) in [5.41, 5.74) is 2.55. The minimum Gasteiger partial charge on any atom is -0.376 e. The summed E-state index contributed by atoms with van der Waals surface area (Å²) in [4.78, 5) is 1.10. The Balaban J connectivity index is 2.03. The van der Waals surface area contributed by atoms with E-state index >= 15 is 0 Å². The molecular weight excluding hydrogens is 352 g/mol. The predicted octanol–water partition coefficient (Wildman–Crippen LogP) is 5.47. The van der Waals surface area contributed by atoms with Crippen molar-refractivity contribution in [3.63, 3.8) is 0 Å². The minimum atomic E-state index is -0.864. The molecule has 0 unspecified atom stereocenters. The van der Waals surface area contributed by atoms with E-state index in [2.05, 4.69) is 30.9 Å². The lowest BCUT2D eigenvalue weighted by Crippen LogP contribution is -1.98. The van der Waals surface area contributed by atoms with E-state index in [0.29, 0.717) is 0 Å². The third-order valence-corrected chi connectivity index (χ3v) is 5.39. The van der Waals surface area contributed by atoms with Gasteiger partial charge in [-0.1, -0.05) is 79.6 Å². The Morgan fingerprint density at radius 2 is 1.74 bits per heavy atom. The van der Waals surface area contributed by atoms with Crippen LogP contribution in [0.25, 0.3) is 11.3 Å². The maximum atomic E-state index is 10.9. The maximum Gasteiger partial charge on any atom is 0.145 e. The van der Waals surface area contributed by atoms with Crippen LogP contribution in [0.1, 0.15) is 37.9 Å². The van der Waals surface area contributed by atoms with Gasteiger partial charge >= 0.3 is 0 Å². The average Bonchev–Trinajstić information content (AvgIpc) is 3.03. The number of unbranched alkanes of at least 4 members (excludes halogenated alkanes) is 2. The van der Waals surface area contributed by atoms with Crippen LogP contribution in [-0.2, 0) is 7.05 Å². The van der Waals surface area contributed by atoms with Gasteiger partial charge in [0.25, 0.3) is 0 Å². The molecule has 0 fully saturated rings. The molecule has 1 aromatic heterocycles. The van der Waals surface area contributed by atoms with Crippen LogP contribution in [0.3, 0.4) is 0 Å². The van der Waals surface area contributed by atoms with Crippen molar-refractivity contribution in [1.29, 1.82) is 0 Å². The minimum absolute atomic E-state index is 0.779. The zero-order valence-electron chi connectivity index (χ0n) is 15.7. The van der Waals surface area contributed by atoms with Crippen molar-refractivity contribution in [2.24, 2.45) is 7.05 Å². The molecule has 3 rings (SSSR count). The quantitative estimate of drug-likeness (QED) is 0.458. The van der Waals surface area contributed by atoms with Crippen LogP contribution in [0.15, 0.2) is 70.6 Å². The van der Waals surface area contributed by atoms with E-state index in [0.717, 1.165) is 46.0 Å². The van der Waals surface area contributed by atoms with Gasteiger partial charge < -0.3 is 5.11 Å². The highest BCUT2D eigenvalue weighted by Gasteiger charge is 2.23. The van der Waals surface area contributed by atoms with Gasteiger partial charge in [-0.05, 0) is 18.6 Å². The highest BCUT2D eigenvalue weighted by molar-refractivity contribution is 7.99. The van der Waals surface area contributed by atoms with Crippen LogP contribution in [0.5, 0.6) is 0 Å². The first-order valence-electron chi connectivity index (χ1n) is 9.22. The molecule has 0 saturated heterocycles. The number of hydrogen-bond acceptors (Lipinski definition) is 3. The lowest BCUT2D eigenvalue weighted by molar-refractivity contribution is 0.235. The molecule has 1 heterocycles. The lowest BCUT2D eigenvalue weighted by atomic mass is 10.0. The molecule has 138 valence electrons. The Morgan fingerprint density at radius 1 is 1.07 bits per heavy atom. The van der Waals surface area contributed by atoms with Gasteiger partial charge in [0.15, 0.2) is 0 Å². The Kier molecular flexibility index (Phi) is 6.75. The number of hydrogen-bond donors (Lipinski definition) is 1. The van der Waals surface area contributed by atoms with E-state index in [1.165, 1.54) is 0 Å². The highest BCUT2D eigenvalue weighted by atomic mass is 32.2. The number of aromatic nitrogens is 2. The average molecular weight is 377 g/mol. The van der Waals surface area contributed by atoms with Crippen LogP contribution in [-0.4, -0.2) is 14.9 Å². The molecular formula is C23H24N2OS. The first-order chi connectivity index (χ1) is 13.2. The van der Waals surface area contributed by atoms with Crippen molar-refractivity contribution in [1.82, 2.24) is 9.78 Å². The molecule has 3 nitrogen and oxygen atoms in total. The highest BCUT2D eigenvalue weighted by Crippen LogP contribution is 2.38. The summed E-state index contributed by atoms with van der Waals surface area (Å²) < 4.78 is 1.84. The standard InChI is InChI=1S/C23H24N2OS/c1-3-4-5-12-17-20(26)21-22(18-13-8-6-9-14-18)24-25(2)23(21)27-19-15-10-7-11-16-19/h6-11,13-16,20,26H,3-5H2,1-2H3/t20-/m0/s1. The number of nitrogens with zero attached hydrogens (tertiary/aromatic N) is 2. The third-order valence-electron chi connectivity index (χ3n) is 4.20. The van der Waals surface area contributed by atoms with Crippen molar-refractivity contribution < 1.29 is 5.11 Å². The maximum absolute atomic E-state index is 10.9. The normalized spacial score (nSPS) is 11.7. The molecule has 0 aliphatic heterocycles. The summed E-state index contributed by atoms with van der Waals surface area (Å²) in [5.74, 6) is 6.14. The second-order valence-electron chi connectivity index (χ2n) is 6.30. The number of benzene rings is 2. The van der Waals surface area contributed by atoms with Crippen molar-refractivity contribution in [3.05, 3.63) is 66.2 Å². The van der Waals surface area contributed by atoms with Crippen molar-refractivity contribution in [2.45, 2.75) is 42.2 Å². The second kappa shape index (κ2) is 9.45. The van der Waals surface area contributed by atoms with Gasteiger partial charge in [-0.25, -0.2) is 0 Å². The molecule has 0 aliphatic carbocycles. The lowest BCUT2D eigenvalue weighted by Gasteiger charge is -2.09. The largest absolute Gasteiger partial charge is 0.376 e. The summed E-state index contributed by atoms with van der Waals surface area (Å²) >= 11 is 1.60. The first kappa shape index (κ1) is 19.3. The van der Waals surface area contributed by atoms with Gasteiger partial charge in [-0.15, -0.1) is 5.92 Å². The van der Waals surface area contributed by atoms with Crippen molar-refractivity contribution >= 4 is 11.8 Å². The molecule has 27 heavy (non-hydrogen) atoms. The fourth-order valence-corrected chi connectivity index (χ4v) is 3.82. The topological polar surface area (TPSA) is 38.1 Å².